The van der Waals surface area contributed by atoms with Crippen molar-refractivity contribution in [2.45, 2.75) is 13.3 Å². The maximum absolute atomic E-state index is 11.3. The van der Waals surface area contributed by atoms with Crippen LogP contribution in [0.4, 0.5) is 0 Å². The molecule has 0 spiro atoms. The van der Waals surface area contributed by atoms with Crippen LogP contribution in [0.2, 0.25) is 0 Å². The first kappa shape index (κ1) is 17.4. The highest BCUT2D eigenvalue weighted by Crippen LogP contribution is 2.26. The lowest BCUT2D eigenvalue weighted by Gasteiger charge is -2.04. The van der Waals surface area contributed by atoms with E-state index in [2.05, 4.69) is 0 Å². The highest BCUT2D eigenvalue weighted by Gasteiger charge is 2.07. The third-order valence-corrected chi connectivity index (χ3v) is 2.91. The van der Waals surface area contributed by atoms with E-state index in [1.165, 1.54) is 20.3 Å². The Labute approximate surface area is 129 Å². The summed E-state index contributed by atoms with van der Waals surface area (Å²) >= 11 is 0. The van der Waals surface area contributed by atoms with Gasteiger partial charge in [0.2, 0.25) is 0 Å². The molecule has 2 aromatic carbocycles. The third-order valence-electron chi connectivity index (χ3n) is 2.91. The van der Waals surface area contributed by atoms with E-state index in [0.29, 0.717) is 23.5 Å². The molecule has 2 aromatic rings. The van der Waals surface area contributed by atoms with Gasteiger partial charge in [-0.1, -0.05) is 19.1 Å². The molecule has 22 heavy (non-hydrogen) atoms. The Morgan fingerprint density at radius 2 is 1.55 bits per heavy atom. The fourth-order valence-electron chi connectivity index (χ4n) is 1.68. The van der Waals surface area contributed by atoms with Crippen LogP contribution in [0.3, 0.4) is 0 Å². The number of hydrogen-bond acceptors (Lipinski definition) is 5. The van der Waals surface area contributed by atoms with E-state index in [4.69, 9.17) is 14.6 Å². The van der Waals surface area contributed by atoms with Crippen LogP contribution in [0.1, 0.15) is 23.7 Å². The van der Waals surface area contributed by atoms with Crippen molar-refractivity contribution in [3.8, 4) is 23.0 Å². The predicted octanol–water partition coefficient (Wildman–Crippen LogP) is 3.39. The van der Waals surface area contributed by atoms with Gasteiger partial charge in [-0.25, -0.2) is 0 Å². The standard InChI is InChI=1S/C10H12O3.C7H8O2/c1-3-8(11)7-4-5-9(12)10(6-7)13-2;1-9-7-5-3-2-4-6(7)8/h4-6,12H,3H2,1-2H3;2-5,8H,1H3. The number of methoxy groups -OCH3 is 2. The molecule has 118 valence electrons. The van der Waals surface area contributed by atoms with Gasteiger partial charge in [0.25, 0.3) is 0 Å². The van der Waals surface area contributed by atoms with Crippen molar-refractivity contribution in [3.63, 3.8) is 0 Å². The fourth-order valence-corrected chi connectivity index (χ4v) is 1.68. The van der Waals surface area contributed by atoms with Crippen molar-refractivity contribution in [1.29, 1.82) is 0 Å². The summed E-state index contributed by atoms with van der Waals surface area (Å²) in [6.45, 7) is 1.79. The quantitative estimate of drug-likeness (QED) is 0.847. The molecule has 0 radical (unpaired) electrons. The molecule has 5 heteroatoms. The Hall–Kier alpha value is -2.69. The van der Waals surface area contributed by atoms with E-state index in [9.17, 15) is 9.90 Å². The zero-order valence-corrected chi connectivity index (χ0v) is 12.9. The molecule has 2 rings (SSSR count). The maximum Gasteiger partial charge on any atom is 0.162 e. The van der Waals surface area contributed by atoms with E-state index in [1.807, 2.05) is 0 Å². The van der Waals surface area contributed by atoms with Gasteiger partial charge in [0, 0.05) is 12.0 Å². The van der Waals surface area contributed by atoms with Gasteiger partial charge in [-0.3, -0.25) is 4.79 Å². The lowest BCUT2D eigenvalue weighted by atomic mass is 10.1. The van der Waals surface area contributed by atoms with Crippen LogP contribution in [0.15, 0.2) is 42.5 Å². The zero-order chi connectivity index (χ0) is 16.5. The number of carbonyl (C=O) groups excluding carboxylic acids is 1. The molecule has 0 heterocycles. The van der Waals surface area contributed by atoms with Gasteiger partial charge in [-0.15, -0.1) is 0 Å². The fraction of sp³-hybridized carbons (Fsp3) is 0.235. The average Bonchev–Trinajstić information content (AvgIpc) is 2.55. The molecule has 0 fully saturated rings. The van der Waals surface area contributed by atoms with Crippen LogP contribution in [-0.4, -0.2) is 30.2 Å². The zero-order valence-electron chi connectivity index (χ0n) is 12.9. The topological polar surface area (TPSA) is 76.0 Å². The lowest BCUT2D eigenvalue weighted by Crippen LogP contribution is -1.96. The third kappa shape index (κ3) is 4.70. The van der Waals surface area contributed by atoms with Crippen molar-refractivity contribution in [2.75, 3.05) is 14.2 Å². The number of rotatable bonds is 4. The highest BCUT2D eigenvalue weighted by molar-refractivity contribution is 5.96. The van der Waals surface area contributed by atoms with Crippen molar-refractivity contribution < 1.29 is 24.5 Å². The first-order valence-corrected chi connectivity index (χ1v) is 6.75. The van der Waals surface area contributed by atoms with Gasteiger partial charge in [0.1, 0.15) is 0 Å². The summed E-state index contributed by atoms with van der Waals surface area (Å²) < 4.78 is 9.67. The number of phenols is 2. The number of para-hydroxylation sites is 2. The monoisotopic (exact) mass is 304 g/mol. The summed E-state index contributed by atoms with van der Waals surface area (Å²) in [6.07, 6.45) is 0.452. The molecule has 0 bridgehead atoms. The number of phenolic OH excluding ortho intramolecular Hbond substituents is 2. The summed E-state index contributed by atoms with van der Waals surface area (Å²) in [5.41, 5.74) is 0.567. The molecule has 0 amide bonds. The van der Waals surface area contributed by atoms with Crippen molar-refractivity contribution in [1.82, 2.24) is 0 Å². The van der Waals surface area contributed by atoms with E-state index >= 15 is 0 Å². The summed E-state index contributed by atoms with van der Waals surface area (Å²) in [6, 6.07) is 11.4. The number of carbonyl (C=O) groups is 1. The van der Waals surface area contributed by atoms with E-state index in [1.54, 1.807) is 43.3 Å². The van der Waals surface area contributed by atoms with Gasteiger partial charge in [-0.2, -0.15) is 0 Å². The van der Waals surface area contributed by atoms with E-state index in [0.717, 1.165) is 0 Å². The molecule has 0 saturated heterocycles. The van der Waals surface area contributed by atoms with Gasteiger partial charge in [0.05, 0.1) is 14.2 Å². The van der Waals surface area contributed by atoms with Gasteiger partial charge >= 0.3 is 0 Å². The summed E-state index contributed by atoms with van der Waals surface area (Å²) in [5.74, 6) is 1.12. The number of ether oxygens (including phenoxy) is 2. The van der Waals surface area contributed by atoms with Gasteiger partial charge < -0.3 is 19.7 Å². The second kappa shape index (κ2) is 8.56. The van der Waals surface area contributed by atoms with Crippen LogP contribution in [0.25, 0.3) is 0 Å². The Morgan fingerprint density at radius 1 is 0.955 bits per heavy atom. The Morgan fingerprint density at radius 3 is 2.05 bits per heavy atom. The summed E-state index contributed by atoms with van der Waals surface area (Å²) in [7, 11) is 2.98. The number of benzene rings is 2. The van der Waals surface area contributed by atoms with Crippen molar-refractivity contribution in [2.24, 2.45) is 0 Å². The minimum Gasteiger partial charge on any atom is -0.504 e. The highest BCUT2D eigenvalue weighted by atomic mass is 16.5. The van der Waals surface area contributed by atoms with Crippen LogP contribution < -0.4 is 9.47 Å². The van der Waals surface area contributed by atoms with Crippen LogP contribution in [-0.2, 0) is 0 Å². The maximum atomic E-state index is 11.3. The van der Waals surface area contributed by atoms with Crippen LogP contribution in [0.5, 0.6) is 23.0 Å². The molecule has 0 atom stereocenters. The molecule has 0 unspecified atom stereocenters. The lowest BCUT2D eigenvalue weighted by molar-refractivity contribution is 0.0988. The molecular weight excluding hydrogens is 284 g/mol. The Bertz CT molecular complexity index is 622. The largest absolute Gasteiger partial charge is 0.504 e. The molecule has 2 N–H and O–H groups in total. The smallest absolute Gasteiger partial charge is 0.162 e. The van der Waals surface area contributed by atoms with Crippen LogP contribution in [0, 0.1) is 0 Å². The predicted molar refractivity (Wildman–Crippen MR) is 83.9 cm³/mol. The normalized spacial score (nSPS) is 9.41. The number of aromatic hydroxyl groups is 2. The number of hydrogen-bond donors (Lipinski definition) is 2. The molecule has 0 aromatic heterocycles. The van der Waals surface area contributed by atoms with Crippen LogP contribution >= 0.6 is 0 Å². The molecular formula is C17H20O5. The van der Waals surface area contributed by atoms with Gasteiger partial charge in [-0.05, 0) is 30.3 Å². The van der Waals surface area contributed by atoms with Crippen molar-refractivity contribution in [3.05, 3.63) is 48.0 Å². The molecule has 0 aliphatic rings. The second-order valence-electron chi connectivity index (χ2n) is 4.34. The number of ketones is 1. The van der Waals surface area contributed by atoms with Gasteiger partial charge in [0.15, 0.2) is 28.8 Å². The molecule has 0 aliphatic heterocycles. The molecule has 0 aliphatic carbocycles. The first-order chi connectivity index (χ1) is 10.5. The average molecular weight is 304 g/mol. The Kier molecular flexibility index (Phi) is 6.76. The molecule has 0 saturated carbocycles. The minimum atomic E-state index is 0.0401. The number of Topliss-reactive ketones (excluding diaryl/α,β-unsaturated/α-hetero) is 1. The second-order valence-corrected chi connectivity index (χ2v) is 4.34. The van der Waals surface area contributed by atoms with E-state index < -0.39 is 0 Å². The summed E-state index contributed by atoms with van der Waals surface area (Å²) in [5, 5.41) is 18.2. The van der Waals surface area contributed by atoms with E-state index in [-0.39, 0.29) is 17.3 Å². The summed E-state index contributed by atoms with van der Waals surface area (Å²) in [4.78, 5) is 11.3. The SMILES string of the molecule is CCC(=O)c1ccc(O)c(OC)c1.COc1ccccc1O. The molecule has 5 nitrogen and oxygen atoms in total. The van der Waals surface area contributed by atoms with Crippen molar-refractivity contribution >= 4 is 5.78 Å². The minimum absolute atomic E-state index is 0.0401. The first-order valence-electron chi connectivity index (χ1n) is 6.75. The Balaban J connectivity index is 0.000000235.